The van der Waals surface area contributed by atoms with Crippen LogP contribution in [0.1, 0.15) is 52.7 Å². The van der Waals surface area contributed by atoms with Gasteiger partial charge in [-0.3, -0.25) is 9.59 Å². The Kier molecular flexibility index (Phi) is 7.53. The molecular weight excluding hydrogens is 498 g/mol. The molecule has 3 aromatic carbocycles. The molecule has 0 bridgehead atoms. The second-order valence-corrected chi connectivity index (χ2v) is 11.3. The van der Waals surface area contributed by atoms with Crippen LogP contribution in [0.3, 0.4) is 0 Å². The van der Waals surface area contributed by atoms with Crippen molar-refractivity contribution in [2.45, 2.75) is 33.1 Å². The topological polar surface area (TPSA) is 54.8 Å². The van der Waals surface area contributed by atoms with E-state index >= 15 is 0 Å². The monoisotopic (exact) mass is 535 g/mol. The molecule has 2 amide bonds. The third-order valence-corrected chi connectivity index (χ3v) is 7.73. The molecule has 0 N–H and O–H groups in total. The number of nitrogens with zero attached hydrogens (tertiary/aromatic N) is 3. The summed E-state index contributed by atoms with van der Waals surface area (Å²) in [5.74, 6) is 0.788. The van der Waals surface area contributed by atoms with Crippen LogP contribution in [-0.4, -0.2) is 59.5 Å². The number of rotatable bonds is 5. The highest BCUT2D eigenvalue weighted by Gasteiger charge is 2.28. The van der Waals surface area contributed by atoms with Gasteiger partial charge in [-0.05, 0) is 78.1 Å². The molecule has 1 saturated heterocycles. The highest BCUT2D eigenvalue weighted by molar-refractivity contribution is 5.98. The lowest BCUT2D eigenvalue weighted by Gasteiger charge is -2.35. The number of aromatic nitrogens is 1. The zero-order valence-electron chi connectivity index (χ0n) is 24.0. The van der Waals surface area contributed by atoms with Crippen LogP contribution in [-0.2, 0) is 5.41 Å². The number of hydrogen-bond donors (Lipinski definition) is 0. The first-order chi connectivity index (χ1) is 19.2. The standard InChI is InChI=1S/C34H37N3O3/c1-24-30(23-31(25-13-17-29(40-5)18-14-25)37(24)28-9-7-6-8-10-28)33(39)36-21-19-35(20-22-36)32(38)26-11-15-27(16-12-26)34(2,3)4/h6-18,23H,19-22H2,1-5H3. The summed E-state index contributed by atoms with van der Waals surface area (Å²) < 4.78 is 7.48. The van der Waals surface area contributed by atoms with Crippen molar-refractivity contribution in [3.8, 4) is 22.7 Å². The van der Waals surface area contributed by atoms with E-state index in [-0.39, 0.29) is 17.2 Å². The van der Waals surface area contributed by atoms with Gasteiger partial charge in [-0.25, -0.2) is 0 Å². The Bertz CT molecular complexity index is 1490. The normalized spacial score (nSPS) is 13.8. The molecular formula is C34H37N3O3. The summed E-state index contributed by atoms with van der Waals surface area (Å²) in [4.78, 5) is 30.7. The fourth-order valence-electron chi connectivity index (χ4n) is 5.29. The summed E-state index contributed by atoms with van der Waals surface area (Å²) in [6, 6.07) is 27.9. The number of benzene rings is 3. The fraction of sp³-hybridized carbons (Fsp3) is 0.294. The van der Waals surface area contributed by atoms with Crippen LogP contribution in [0.2, 0.25) is 0 Å². The molecule has 4 aromatic rings. The molecule has 0 saturated carbocycles. The maximum Gasteiger partial charge on any atom is 0.255 e. The molecule has 1 aliphatic heterocycles. The van der Waals surface area contributed by atoms with Gasteiger partial charge in [0, 0.05) is 43.1 Å². The number of ether oxygens (including phenoxy) is 1. The maximum atomic E-state index is 13.8. The van der Waals surface area contributed by atoms with Crippen molar-refractivity contribution in [3.63, 3.8) is 0 Å². The first-order valence-corrected chi connectivity index (χ1v) is 13.8. The van der Waals surface area contributed by atoms with Gasteiger partial charge in [0.25, 0.3) is 11.8 Å². The average Bonchev–Trinajstić information content (AvgIpc) is 3.33. The summed E-state index contributed by atoms with van der Waals surface area (Å²) in [5, 5.41) is 0. The van der Waals surface area contributed by atoms with E-state index in [4.69, 9.17) is 4.74 Å². The van der Waals surface area contributed by atoms with Crippen LogP contribution < -0.4 is 4.74 Å². The molecule has 6 heteroatoms. The summed E-state index contributed by atoms with van der Waals surface area (Å²) in [6.45, 7) is 10.5. The van der Waals surface area contributed by atoms with Crippen molar-refractivity contribution in [1.29, 1.82) is 0 Å². The minimum atomic E-state index is -0.0106. The molecule has 0 spiro atoms. The van der Waals surface area contributed by atoms with Crippen molar-refractivity contribution in [2.24, 2.45) is 0 Å². The van der Waals surface area contributed by atoms with Gasteiger partial charge in [0.1, 0.15) is 5.75 Å². The van der Waals surface area contributed by atoms with E-state index in [1.807, 2.05) is 102 Å². The van der Waals surface area contributed by atoms with Crippen molar-refractivity contribution < 1.29 is 14.3 Å². The number of methoxy groups -OCH3 is 1. The van der Waals surface area contributed by atoms with Crippen molar-refractivity contribution >= 4 is 11.8 Å². The lowest BCUT2D eigenvalue weighted by atomic mass is 9.86. The molecule has 1 fully saturated rings. The molecule has 206 valence electrons. The second-order valence-electron chi connectivity index (χ2n) is 11.3. The Hall–Kier alpha value is -4.32. The van der Waals surface area contributed by atoms with E-state index in [9.17, 15) is 9.59 Å². The van der Waals surface area contributed by atoms with E-state index in [1.54, 1.807) is 7.11 Å². The highest BCUT2D eigenvalue weighted by atomic mass is 16.5. The average molecular weight is 536 g/mol. The molecule has 0 atom stereocenters. The Morgan fingerprint density at radius 1 is 0.750 bits per heavy atom. The molecule has 5 rings (SSSR count). The van der Waals surface area contributed by atoms with Crippen molar-refractivity contribution in [2.75, 3.05) is 33.3 Å². The summed E-state index contributed by atoms with van der Waals surface area (Å²) in [6.07, 6.45) is 0. The largest absolute Gasteiger partial charge is 0.497 e. The Balaban J connectivity index is 1.36. The zero-order valence-corrected chi connectivity index (χ0v) is 24.0. The van der Waals surface area contributed by atoms with Gasteiger partial charge in [-0.1, -0.05) is 51.1 Å². The van der Waals surface area contributed by atoms with Gasteiger partial charge in [0.05, 0.1) is 18.4 Å². The van der Waals surface area contributed by atoms with Crippen molar-refractivity contribution in [1.82, 2.24) is 14.4 Å². The lowest BCUT2D eigenvalue weighted by Crippen LogP contribution is -2.50. The molecule has 2 heterocycles. The molecule has 1 aliphatic rings. The number of hydrogen-bond acceptors (Lipinski definition) is 3. The SMILES string of the molecule is COc1ccc(-c2cc(C(=O)N3CCN(C(=O)c4ccc(C(C)(C)C)cc4)CC3)c(C)n2-c2ccccc2)cc1. The predicted octanol–water partition coefficient (Wildman–Crippen LogP) is 6.36. The highest BCUT2D eigenvalue weighted by Crippen LogP contribution is 2.31. The quantitative estimate of drug-likeness (QED) is 0.299. The van der Waals surface area contributed by atoms with Crippen LogP contribution >= 0.6 is 0 Å². The van der Waals surface area contributed by atoms with E-state index in [0.29, 0.717) is 37.3 Å². The van der Waals surface area contributed by atoms with Crippen LogP contribution in [0.15, 0.2) is 84.9 Å². The smallest absolute Gasteiger partial charge is 0.255 e. The van der Waals surface area contributed by atoms with Crippen molar-refractivity contribution in [3.05, 3.63) is 107 Å². The first-order valence-electron chi connectivity index (χ1n) is 13.8. The van der Waals surface area contributed by atoms with E-state index in [0.717, 1.165) is 28.4 Å². The van der Waals surface area contributed by atoms with E-state index in [2.05, 4.69) is 25.3 Å². The summed E-state index contributed by atoms with van der Waals surface area (Å²) in [5.41, 5.74) is 6.43. The number of carbonyl (C=O) groups is 2. The van der Waals surface area contributed by atoms with Crippen LogP contribution in [0, 0.1) is 6.92 Å². The van der Waals surface area contributed by atoms with Crippen LogP contribution in [0.25, 0.3) is 16.9 Å². The van der Waals surface area contributed by atoms with Gasteiger partial charge in [-0.15, -0.1) is 0 Å². The molecule has 1 aromatic heterocycles. The predicted molar refractivity (Wildman–Crippen MR) is 159 cm³/mol. The van der Waals surface area contributed by atoms with Crippen LogP contribution in [0.5, 0.6) is 5.75 Å². The minimum absolute atomic E-state index is 0.0106. The molecule has 0 unspecified atom stereocenters. The maximum absolute atomic E-state index is 13.8. The molecule has 40 heavy (non-hydrogen) atoms. The second kappa shape index (κ2) is 11.0. The number of amides is 2. The van der Waals surface area contributed by atoms with Gasteiger partial charge >= 0.3 is 0 Å². The van der Waals surface area contributed by atoms with Gasteiger partial charge < -0.3 is 19.1 Å². The van der Waals surface area contributed by atoms with E-state index in [1.165, 1.54) is 5.56 Å². The van der Waals surface area contributed by atoms with Gasteiger partial charge in [0.15, 0.2) is 0 Å². The molecule has 6 nitrogen and oxygen atoms in total. The Morgan fingerprint density at radius 2 is 1.32 bits per heavy atom. The minimum Gasteiger partial charge on any atom is -0.497 e. The number of piperazine rings is 1. The number of carbonyl (C=O) groups excluding carboxylic acids is 2. The van der Waals surface area contributed by atoms with Crippen LogP contribution in [0.4, 0.5) is 0 Å². The number of para-hydroxylation sites is 1. The van der Waals surface area contributed by atoms with Gasteiger partial charge in [0.2, 0.25) is 0 Å². The van der Waals surface area contributed by atoms with E-state index < -0.39 is 0 Å². The zero-order chi connectivity index (χ0) is 28.4. The molecule has 0 radical (unpaired) electrons. The third kappa shape index (κ3) is 5.39. The Morgan fingerprint density at radius 3 is 1.88 bits per heavy atom. The summed E-state index contributed by atoms with van der Waals surface area (Å²) >= 11 is 0. The Labute approximate surface area is 236 Å². The fourth-order valence-corrected chi connectivity index (χ4v) is 5.29. The molecule has 0 aliphatic carbocycles. The first kappa shape index (κ1) is 27.3. The third-order valence-electron chi connectivity index (χ3n) is 7.73. The lowest BCUT2D eigenvalue weighted by molar-refractivity contribution is 0.0535. The van der Waals surface area contributed by atoms with Gasteiger partial charge in [-0.2, -0.15) is 0 Å². The summed E-state index contributed by atoms with van der Waals surface area (Å²) in [7, 11) is 1.65.